The predicted octanol–water partition coefficient (Wildman–Crippen LogP) is 2.43. The SMILES string of the molecule is CCOC(=O)CC(C)(N)c1ccc(C)c(C)c1. The van der Waals surface area contributed by atoms with Gasteiger partial charge in [0.05, 0.1) is 13.0 Å². The van der Waals surface area contributed by atoms with Gasteiger partial charge in [-0.05, 0) is 44.4 Å². The summed E-state index contributed by atoms with van der Waals surface area (Å²) in [4.78, 5) is 11.5. The number of aryl methyl sites for hydroxylation is 2. The summed E-state index contributed by atoms with van der Waals surface area (Å²) in [5, 5.41) is 0. The van der Waals surface area contributed by atoms with Gasteiger partial charge in [-0.1, -0.05) is 18.2 Å². The second-order valence-electron chi connectivity index (χ2n) is 4.70. The van der Waals surface area contributed by atoms with Crippen molar-refractivity contribution >= 4 is 5.97 Å². The molecule has 0 aliphatic carbocycles. The molecule has 0 aromatic heterocycles. The molecule has 0 aliphatic rings. The van der Waals surface area contributed by atoms with Gasteiger partial charge in [0.25, 0.3) is 0 Å². The number of carbonyl (C=O) groups is 1. The molecule has 0 heterocycles. The molecule has 2 N–H and O–H groups in total. The Labute approximate surface area is 103 Å². The number of ether oxygens (including phenoxy) is 1. The lowest BCUT2D eigenvalue weighted by Crippen LogP contribution is -2.36. The van der Waals surface area contributed by atoms with Crippen LogP contribution in [-0.2, 0) is 15.1 Å². The number of esters is 1. The Morgan fingerprint density at radius 2 is 2.00 bits per heavy atom. The molecule has 0 saturated heterocycles. The first-order valence-corrected chi connectivity index (χ1v) is 5.89. The van der Waals surface area contributed by atoms with Gasteiger partial charge < -0.3 is 10.5 Å². The number of benzene rings is 1. The van der Waals surface area contributed by atoms with Gasteiger partial charge in [0, 0.05) is 5.54 Å². The van der Waals surface area contributed by atoms with Gasteiger partial charge in [0.15, 0.2) is 0 Å². The van der Waals surface area contributed by atoms with Crippen LogP contribution in [0.5, 0.6) is 0 Å². The predicted molar refractivity (Wildman–Crippen MR) is 68.7 cm³/mol. The van der Waals surface area contributed by atoms with Crippen molar-refractivity contribution in [3.63, 3.8) is 0 Å². The Morgan fingerprint density at radius 1 is 1.35 bits per heavy atom. The maximum atomic E-state index is 11.5. The summed E-state index contributed by atoms with van der Waals surface area (Å²) in [5.41, 5.74) is 8.88. The normalized spacial score (nSPS) is 14.2. The van der Waals surface area contributed by atoms with Crippen molar-refractivity contribution < 1.29 is 9.53 Å². The van der Waals surface area contributed by atoms with E-state index < -0.39 is 5.54 Å². The fourth-order valence-electron chi connectivity index (χ4n) is 1.71. The van der Waals surface area contributed by atoms with Crippen LogP contribution < -0.4 is 5.73 Å². The second-order valence-corrected chi connectivity index (χ2v) is 4.70. The van der Waals surface area contributed by atoms with Crippen molar-refractivity contribution in [1.29, 1.82) is 0 Å². The molecule has 94 valence electrons. The topological polar surface area (TPSA) is 52.3 Å². The Morgan fingerprint density at radius 3 is 2.53 bits per heavy atom. The highest BCUT2D eigenvalue weighted by Gasteiger charge is 2.25. The van der Waals surface area contributed by atoms with Gasteiger partial charge in [-0.3, -0.25) is 4.79 Å². The van der Waals surface area contributed by atoms with E-state index in [1.165, 1.54) is 11.1 Å². The zero-order valence-electron chi connectivity index (χ0n) is 11.0. The van der Waals surface area contributed by atoms with Gasteiger partial charge in [-0.25, -0.2) is 0 Å². The molecule has 3 nitrogen and oxygen atoms in total. The van der Waals surface area contributed by atoms with E-state index in [1.54, 1.807) is 6.92 Å². The molecule has 1 unspecified atom stereocenters. The maximum absolute atomic E-state index is 11.5. The zero-order valence-corrected chi connectivity index (χ0v) is 11.0. The summed E-state index contributed by atoms with van der Waals surface area (Å²) in [6, 6.07) is 6.04. The first-order chi connectivity index (χ1) is 7.86. The molecule has 1 aromatic carbocycles. The molecule has 3 heteroatoms. The highest BCUT2D eigenvalue weighted by atomic mass is 16.5. The fourth-order valence-corrected chi connectivity index (χ4v) is 1.71. The van der Waals surface area contributed by atoms with Gasteiger partial charge >= 0.3 is 5.97 Å². The van der Waals surface area contributed by atoms with Crippen molar-refractivity contribution in [2.24, 2.45) is 5.73 Å². The molecule has 0 bridgehead atoms. The zero-order chi connectivity index (χ0) is 13.1. The molecule has 17 heavy (non-hydrogen) atoms. The molecular weight excluding hydrogens is 214 g/mol. The lowest BCUT2D eigenvalue weighted by atomic mass is 9.88. The van der Waals surface area contributed by atoms with Crippen LogP contribution in [0.2, 0.25) is 0 Å². The molecule has 1 aromatic rings. The van der Waals surface area contributed by atoms with Crippen LogP contribution in [0, 0.1) is 13.8 Å². The third kappa shape index (κ3) is 3.56. The summed E-state index contributed by atoms with van der Waals surface area (Å²) in [6.45, 7) is 8.13. The maximum Gasteiger partial charge on any atom is 0.307 e. The largest absolute Gasteiger partial charge is 0.466 e. The van der Waals surface area contributed by atoms with Crippen LogP contribution in [0.1, 0.15) is 37.0 Å². The molecule has 0 fully saturated rings. The summed E-state index contributed by atoms with van der Waals surface area (Å²) < 4.78 is 4.93. The summed E-state index contributed by atoms with van der Waals surface area (Å²) >= 11 is 0. The molecule has 0 saturated carbocycles. The van der Waals surface area contributed by atoms with Crippen LogP contribution in [-0.4, -0.2) is 12.6 Å². The summed E-state index contributed by atoms with van der Waals surface area (Å²) in [6.07, 6.45) is 0.198. The van der Waals surface area contributed by atoms with Gasteiger partial charge in [0.1, 0.15) is 0 Å². The van der Waals surface area contributed by atoms with Gasteiger partial charge in [0.2, 0.25) is 0 Å². The minimum absolute atomic E-state index is 0.198. The lowest BCUT2D eigenvalue weighted by molar-refractivity contribution is -0.144. The Hall–Kier alpha value is -1.35. The average Bonchev–Trinajstić information content (AvgIpc) is 2.21. The lowest BCUT2D eigenvalue weighted by Gasteiger charge is -2.25. The van der Waals surface area contributed by atoms with E-state index in [9.17, 15) is 4.79 Å². The second kappa shape index (κ2) is 5.32. The van der Waals surface area contributed by atoms with Crippen molar-refractivity contribution in [2.45, 2.75) is 39.7 Å². The number of hydrogen-bond donors (Lipinski definition) is 1. The molecular formula is C14H21NO2. The van der Waals surface area contributed by atoms with E-state index in [4.69, 9.17) is 10.5 Å². The molecule has 1 atom stereocenters. The average molecular weight is 235 g/mol. The van der Waals surface area contributed by atoms with Crippen LogP contribution in [0.15, 0.2) is 18.2 Å². The first kappa shape index (κ1) is 13.7. The highest BCUT2D eigenvalue weighted by molar-refractivity contribution is 5.71. The smallest absolute Gasteiger partial charge is 0.307 e. The Bertz CT molecular complexity index is 411. The summed E-state index contributed by atoms with van der Waals surface area (Å²) in [5.74, 6) is -0.254. The van der Waals surface area contributed by atoms with E-state index in [0.717, 1.165) is 5.56 Å². The van der Waals surface area contributed by atoms with Crippen LogP contribution >= 0.6 is 0 Å². The standard InChI is InChI=1S/C14H21NO2/c1-5-17-13(16)9-14(4,15)12-7-6-10(2)11(3)8-12/h6-8H,5,9,15H2,1-4H3. The quantitative estimate of drug-likeness (QED) is 0.815. The molecule has 0 aliphatic heterocycles. The Balaban J connectivity index is 2.88. The highest BCUT2D eigenvalue weighted by Crippen LogP contribution is 2.24. The van der Waals surface area contributed by atoms with Crippen LogP contribution in [0.3, 0.4) is 0 Å². The van der Waals surface area contributed by atoms with E-state index in [2.05, 4.69) is 6.92 Å². The minimum Gasteiger partial charge on any atom is -0.466 e. The van der Waals surface area contributed by atoms with E-state index in [0.29, 0.717) is 6.61 Å². The summed E-state index contributed by atoms with van der Waals surface area (Å²) in [7, 11) is 0. The number of hydrogen-bond acceptors (Lipinski definition) is 3. The number of nitrogens with two attached hydrogens (primary N) is 1. The number of carbonyl (C=O) groups excluding carboxylic acids is 1. The van der Waals surface area contributed by atoms with E-state index >= 15 is 0 Å². The van der Waals surface area contributed by atoms with Gasteiger partial charge in [-0.15, -0.1) is 0 Å². The molecule has 1 rings (SSSR count). The number of rotatable bonds is 4. The third-order valence-corrected chi connectivity index (χ3v) is 2.98. The molecule has 0 radical (unpaired) electrons. The van der Waals surface area contributed by atoms with Crippen molar-refractivity contribution in [3.05, 3.63) is 34.9 Å². The van der Waals surface area contributed by atoms with Crippen molar-refractivity contribution in [2.75, 3.05) is 6.61 Å². The van der Waals surface area contributed by atoms with E-state index in [-0.39, 0.29) is 12.4 Å². The molecule has 0 amide bonds. The van der Waals surface area contributed by atoms with Gasteiger partial charge in [-0.2, -0.15) is 0 Å². The van der Waals surface area contributed by atoms with Crippen molar-refractivity contribution in [3.8, 4) is 0 Å². The third-order valence-electron chi connectivity index (χ3n) is 2.98. The van der Waals surface area contributed by atoms with Crippen LogP contribution in [0.4, 0.5) is 0 Å². The fraction of sp³-hybridized carbons (Fsp3) is 0.500. The minimum atomic E-state index is -0.676. The van der Waals surface area contributed by atoms with Crippen LogP contribution in [0.25, 0.3) is 0 Å². The molecule has 0 spiro atoms. The first-order valence-electron chi connectivity index (χ1n) is 5.89. The van der Waals surface area contributed by atoms with E-state index in [1.807, 2.05) is 32.0 Å². The van der Waals surface area contributed by atoms with Crippen molar-refractivity contribution in [1.82, 2.24) is 0 Å². The monoisotopic (exact) mass is 235 g/mol. The Kier molecular flexibility index (Phi) is 4.29.